The van der Waals surface area contributed by atoms with Gasteiger partial charge in [0.25, 0.3) is 0 Å². The van der Waals surface area contributed by atoms with Crippen LogP contribution in [0.3, 0.4) is 0 Å². The molecule has 0 saturated heterocycles. The number of nitriles is 1. The zero-order valence-corrected chi connectivity index (χ0v) is 7.50. The van der Waals surface area contributed by atoms with E-state index in [0.29, 0.717) is 6.42 Å². The van der Waals surface area contributed by atoms with Crippen LogP contribution in [0.25, 0.3) is 0 Å². The molecular weight excluding hydrogens is 204 g/mol. The van der Waals surface area contributed by atoms with E-state index in [-0.39, 0.29) is 0 Å². The van der Waals surface area contributed by atoms with Crippen LogP contribution in [-0.4, -0.2) is 4.98 Å². The van der Waals surface area contributed by atoms with Gasteiger partial charge in [0.05, 0.1) is 18.2 Å². The van der Waals surface area contributed by atoms with Gasteiger partial charge in [-0.15, -0.1) is 0 Å². The van der Waals surface area contributed by atoms with Gasteiger partial charge in [-0.1, -0.05) is 22.0 Å². The molecule has 0 aliphatic rings. The number of alkyl halides is 1. The van der Waals surface area contributed by atoms with Crippen molar-refractivity contribution in [1.29, 1.82) is 5.26 Å². The molecule has 0 aliphatic carbocycles. The largest absolute Gasteiger partial charge is 0.260 e. The van der Waals surface area contributed by atoms with Crippen molar-refractivity contribution in [1.82, 2.24) is 4.98 Å². The number of rotatable bonds is 2. The summed E-state index contributed by atoms with van der Waals surface area (Å²) in [4.78, 5) is 4.09. The summed E-state index contributed by atoms with van der Waals surface area (Å²) in [5, 5.41) is 9.20. The lowest BCUT2D eigenvalue weighted by Gasteiger charge is -1.99. The summed E-state index contributed by atoms with van der Waals surface area (Å²) >= 11 is 3.33. The first-order valence-electron chi connectivity index (χ1n) is 3.24. The van der Waals surface area contributed by atoms with Gasteiger partial charge in [0.2, 0.25) is 0 Å². The Labute approximate surface area is 74.0 Å². The van der Waals surface area contributed by atoms with Crippen molar-refractivity contribution in [3.8, 4) is 6.07 Å². The fraction of sp³-hybridized carbons (Fsp3) is 0.250. The highest BCUT2D eigenvalue weighted by Gasteiger charge is 1.99. The van der Waals surface area contributed by atoms with E-state index in [9.17, 15) is 0 Å². The molecule has 0 atom stereocenters. The van der Waals surface area contributed by atoms with Gasteiger partial charge in [-0.3, -0.25) is 4.98 Å². The van der Waals surface area contributed by atoms with Crippen molar-refractivity contribution >= 4 is 15.9 Å². The van der Waals surface area contributed by atoms with Gasteiger partial charge in [-0.2, -0.15) is 5.26 Å². The lowest BCUT2D eigenvalue weighted by atomic mass is 10.2. The third kappa shape index (κ3) is 2.02. The van der Waals surface area contributed by atoms with Crippen LogP contribution in [0.2, 0.25) is 0 Å². The highest BCUT2D eigenvalue weighted by molar-refractivity contribution is 9.08. The van der Waals surface area contributed by atoms with Crippen molar-refractivity contribution in [3.63, 3.8) is 0 Å². The molecule has 0 bridgehead atoms. The van der Waals surface area contributed by atoms with E-state index >= 15 is 0 Å². The molecule has 0 aromatic carbocycles. The summed E-state index contributed by atoms with van der Waals surface area (Å²) in [6.07, 6.45) is 2.10. The molecule has 1 aromatic rings. The molecule has 0 amide bonds. The minimum atomic E-state index is 0.391. The smallest absolute Gasteiger partial charge is 0.0777 e. The molecule has 1 aromatic heterocycles. The highest BCUT2D eigenvalue weighted by atomic mass is 79.9. The van der Waals surface area contributed by atoms with E-state index in [1.807, 2.05) is 12.1 Å². The SMILES string of the molecule is N#CCc1ncccc1CBr. The maximum absolute atomic E-state index is 8.43. The van der Waals surface area contributed by atoms with Crippen molar-refractivity contribution in [2.75, 3.05) is 0 Å². The molecule has 0 spiro atoms. The second-order valence-electron chi connectivity index (χ2n) is 2.08. The molecule has 0 radical (unpaired) electrons. The van der Waals surface area contributed by atoms with E-state index in [0.717, 1.165) is 16.6 Å². The standard InChI is InChI=1S/C8H7BrN2/c9-6-7-2-1-5-11-8(7)3-4-10/h1-2,5H,3,6H2. The lowest BCUT2D eigenvalue weighted by Crippen LogP contribution is -1.92. The Morgan fingerprint density at radius 3 is 3.09 bits per heavy atom. The van der Waals surface area contributed by atoms with Crippen LogP contribution in [0.1, 0.15) is 11.3 Å². The van der Waals surface area contributed by atoms with Crippen LogP contribution >= 0.6 is 15.9 Å². The minimum absolute atomic E-state index is 0.391. The molecule has 0 unspecified atom stereocenters. The molecule has 1 rings (SSSR count). The van der Waals surface area contributed by atoms with Gasteiger partial charge in [0, 0.05) is 11.5 Å². The van der Waals surface area contributed by atoms with Crippen molar-refractivity contribution in [2.24, 2.45) is 0 Å². The Kier molecular flexibility index (Phi) is 3.06. The summed E-state index contributed by atoms with van der Waals surface area (Å²) in [6, 6.07) is 5.91. The average Bonchev–Trinajstić information content (AvgIpc) is 2.06. The fourth-order valence-electron chi connectivity index (χ4n) is 0.827. The van der Waals surface area contributed by atoms with Gasteiger partial charge >= 0.3 is 0 Å². The summed E-state index contributed by atoms with van der Waals surface area (Å²) in [6.45, 7) is 0. The van der Waals surface area contributed by atoms with Gasteiger partial charge in [-0.25, -0.2) is 0 Å². The van der Waals surface area contributed by atoms with Crippen LogP contribution in [0.5, 0.6) is 0 Å². The summed E-state index contributed by atoms with van der Waals surface area (Å²) < 4.78 is 0. The summed E-state index contributed by atoms with van der Waals surface area (Å²) in [7, 11) is 0. The predicted octanol–water partition coefficient (Wildman–Crippen LogP) is 2.04. The topological polar surface area (TPSA) is 36.7 Å². The van der Waals surface area contributed by atoms with Gasteiger partial charge < -0.3 is 0 Å². The molecule has 0 N–H and O–H groups in total. The fourth-order valence-corrected chi connectivity index (χ4v) is 1.34. The molecular formula is C8H7BrN2. The Bertz CT molecular complexity index is 278. The Hall–Kier alpha value is -0.880. The molecule has 0 saturated carbocycles. The molecule has 56 valence electrons. The second-order valence-corrected chi connectivity index (χ2v) is 2.64. The predicted molar refractivity (Wildman–Crippen MR) is 46.2 cm³/mol. The van der Waals surface area contributed by atoms with Gasteiger partial charge in [0.15, 0.2) is 0 Å². The van der Waals surface area contributed by atoms with E-state index in [1.165, 1.54) is 0 Å². The first kappa shape index (κ1) is 8.22. The van der Waals surface area contributed by atoms with Gasteiger partial charge in [0.1, 0.15) is 0 Å². The number of hydrogen-bond acceptors (Lipinski definition) is 2. The molecule has 3 heteroatoms. The summed E-state index contributed by atoms with van der Waals surface area (Å²) in [5.74, 6) is 0. The minimum Gasteiger partial charge on any atom is -0.260 e. The Balaban J connectivity index is 2.94. The van der Waals surface area contributed by atoms with Crippen LogP contribution in [0.15, 0.2) is 18.3 Å². The van der Waals surface area contributed by atoms with E-state index in [1.54, 1.807) is 6.20 Å². The van der Waals surface area contributed by atoms with E-state index in [2.05, 4.69) is 27.0 Å². The van der Waals surface area contributed by atoms with Crippen LogP contribution < -0.4 is 0 Å². The van der Waals surface area contributed by atoms with Crippen LogP contribution in [0.4, 0.5) is 0 Å². The van der Waals surface area contributed by atoms with Crippen molar-refractivity contribution in [3.05, 3.63) is 29.6 Å². The number of nitrogens with zero attached hydrogens (tertiary/aromatic N) is 2. The monoisotopic (exact) mass is 210 g/mol. The Morgan fingerprint density at radius 2 is 2.45 bits per heavy atom. The average molecular weight is 211 g/mol. The van der Waals surface area contributed by atoms with Crippen LogP contribution in [-0.2, 0) is 11.8 Å². The zero-order chi connectivity index (χ0) is 8.10. The lowest BCUT2D eigenvalue weighted by molar-refractivity contribution is 1.07. The number of halogens is 1. The van der Waals surface area contributed by atoms with Crippen LogP contribution in [0, 0.1) is 11.3 Å². The zero-order valence-electron chi connectivity index (χ0n) is 5.92. The van der Waals surface area contributed by atoms with Crippen molar-refractivity contribution in [2.45, 2.75) is 11.8 Å². The first-order chi connectivity index (χ1) is 5.38. The molecule has 0 fully saturated rings. The molecule has 1 heterocycles. The highest BCUT2D eigenvalue weighted by Crippen LogP contribution is 2.09. The summed E-state index contributed by atoms with van der Waals surface area (Å²) in [5.41, 5.74) is 1.96. The Morgan fingerprint density at radius 1 is 1.64 bits per heavy atom. The third-order valence-corrected chi connectivity index (χ3v) is 1.98. The first-order valence-corrected chi connectivity index (χ1v) is 4.36. The molecule has 0 aliphatic heterocycles. The molecule has 2 nitrogen and oxygen atoms in total. The van der Waals surface area contributed by atoms with E-state index in [4.69, 9.17) is 5.26 Å². The maximum atomic E-state index is 8.43. The van der Waals surface area contributed by atoms with Gasteiger partial charge in [-0.05, 0) is 11.6 Å². The maximum Gasteiger partial charge on any atom is 0.0777 e. The quantitative estimate of drug-likeness (QED) is 0.702. The normalized spacial score (nSPS) is 9.09. The number of pyridine rings is 1. The van der Waals surface area contributed by atoms with E-state index < -0.39 is 0 Å². The molecule has 11 heavy (non-hydrogen) atoms. The second kappa shape index (κ2) is 4.09. The number of hydrogen-bond donors (Lipinski definition) is 0. The third-order valence-electron chi connectivity index (χ3n) is 1.37. The number of aromatic nitrogens is 1. The van der Waals surface area contributed by atoms with Crippen molar-refractivity contribution < 1.29 is 0 Å².